The number of hydrogen-bond donors (Lipinski definition) is 2. The van der Waals surface area contributed by atoms with E-state index in [2.05, 4.69) is 0 Å². The molecule has 0 heterocycles. The molecular weight excluding hydrogens is 184 g/mol. The molecule has 0 aromatic rings. The Morgan fingerprint density at radius 1 is 1.46 bits per heavy atom. The van der Waals surface area contributed by atoms with Crippen LogP contribution < -0.4 is 0 Å². The van der Waals surface area contributed by atoms with E-state index in [0.29, 0.717) is 19.4 Å². The summed E-state index contributed by atoms with van der Waals surface area (Å²) in [6, 6.07) is 0.268. The van der Waals surface area contributed by atoms with Crippen molar-refractivity contribution in [2.45, 2.75) is 25.8 Å². The molecular formula is C9H22O3Si. The van der Waals surface area contributed by atoms with E-state index in [1.807, 2.05) is 6.92 Å². The van der Waals surface area contributed by atoms with E-state index in [4.69, 9.17) is 18.7 Å². The topological polar surface area (TPSA) is 49.7 Å². The quantitative estimate of drug-likeness (QED) is 0.402. The summed E-state index contributed by atoms with van der Waals surface area (Å²) in [7, 11) is -3.21. The average Bonchev–Trinajstić information content (AvgIpc) is 2.23. The molecule has 3 nitrogen and oxygen atoms in total. The van der Waals surface area contributed by atoms with E-state index < -0.39 is 15.5 Å². The van der Waals surface area contributed by atoms with Crippen LogP contribution in [0.15, 0.2) is 0 Å². The lowest BCUT2D eigenvalue weighted by Gasteiger charge is -2.27. The molecule has 80 valence electrons. The van der Waals surface area contributed by atoms with Crippen LogP contribution in [0.3, 0.4) is 0 Å². The molecule has 0 fully saturated rings. The first kappa shape index (κ1) is 8.41. The molecule has 0 saturated heterocycles. The second kappa shape index (κ2) is 7.50. The summed E-state index contributed by atoms with van der Waals surface area (Å²) in [5.41, 5.74) is -0.586. The molecule has 13 heavy (non-hydrogen) atoms. The van der Waals surface area contributed by atoms with Crippen LogP contribution >= 0.6 is 0 Å². The van der Waals surface area contributed by atoms with E-state index in [-0.39, 0.29) is 25.9 Å². The molecule has 0 aromatic carbocycles. The largest absolute Gasteiger partial charge is 0.396 e. The minimum Gasteiger partial charge on any atom is -0.396 e. The molecule has 0 aliphatic rings. The predicted molar refractivity (Wildman–Crippen MR) is 57.1 cm³/mol. The van der Waals surface area contributed by atoms with Crippen molar-refractivity contribution in [3.63, 3.8) is 0 Å². The van der Waals surface area contributed by atoms with Gasteiger partial charge in [0.15, 0.2) is 0 Å². The van der Waals surface area contributed by atoms with Gasteiger partial charge in [0.2, 0.25) is 0 Å². The zero-order chi connectivity index (χ0) is 12.7. The molecule has 0 aliphatic carbocycles. The Balaban J connectivity index is 3.71. The minimum absolute atomic E-state index is 0.117. The van der Waals surface area contributed by atoms with Crippen LogP contribution in [0.5, 0.6) is 0 Å². The molecule has 0 atom stereocenters. The smallest absolute Gasteiger partial charge is 0.0566 e. The summed E-state index contributed by atoms with van der Waals surface area (Å²) >= 11 is 0. The van der Waals surface area contributed by atoms with Gasteiger partial charge in [0, 0.05) is 25.8 Å². The highest BCUT2D eigenvalue weighted by atomic mass is 28.1. The van der Waals surface area contributed by atoms with E-state index in [9.17, 15) is 0 Å². The van der Waals surface area contributed by atoms with Gasteiger partial charge in [-0.2, -0.15) is 0 Å². The summed E-state index contributed by atoms with van der Waals surface area (Å²) in [5.74, 6) is 0. The Kier molecular flexibility index (Phi) is 4.85. The lowest BCUT2D eigenvalue weighted by atomic mass is 9.88. The van der Waals surface area contributed by atoms with Gasteiger partial charge < -0.3 is 14.9 Å². The van der Waals surface area contributed by atoms with Gasteiger partial charge in [-0.05, 0) is 12.8 Å². The lowest BCUT2D eigenvalue weighted by molar-refractivity contribution is -0.0296. The molecule has 4 heteroatoms. The summed E-state index contributed by atoms with van der Waals surface area (Å²) in [4.78, 5) is 0. The van der Waals surface area contributed by atoms with Gasteiger partial charge in [-0.15, -0.1) is 0 Å². The first-order valence-corrected chi connectivity index (χ1v) is 5.39. The average molecular weight is 212 g/mol. The van der Waals surface area contributed by atoms with E-state index in [0.717, 1.165) is 0 Å². The van der Waals surface area contributed by atoms with Gasteiger partial charge in [-0.25, -0.2) is 0 Å². The Bertz CT molecular complexity index is 175. The maximum atomic E-state index is 9.14. The Morgan fingerprint density at radius 3 is 2.62 bits per heavy atom. The molecule has 0 radical (unpaired) electrons. The minimum atomic E-state index is -3.21. The van der Waals surface area contributed by atoms with Gasteiger partial charge >= 0.3 is 0 Å². The highest BCUT2D eigenvalue weighted by molar-refractivity contribution is 6.08. The van der Waals surface area contributed by atoms with Crippen LogP contribution in [0.1, 0.15) is 19.8 Å². The highest BCUT2D eigenvalue weighted by Crippen LogP contribution is 2.20. The number of rotatable bonds is 9. The highest BCUT2D eigenvalue weighted by Gasteiger charge is 2.26. The standard InChI is InChI=1S/C9H22O3Si/c1-2-9(6-10,7-11)8-12-4-3-5-13/h10-11H,2-8H2,1,13H3/i13T3. The van der Waals surface area contributed by atoms with E-state index >= 15 is 0 Å². The van der Waals surface area contributed by atoms with Crippen molar-refractivity contribution in [3.8, 4) is 0 Å². The fourth-order valence-electron chi connectivity index (χ4n) is 0.930. The third-order valence-corrected chi connectivity index (χ3v) is 2.65. The predicted octanol–water partition coefficient (Wildman–Crippen LogP) is -0.442. The van der Waals surface area contributed by atoms with Crippen molar-refractivity contribution in [2.24, 2.45) is 5.41 Å². The summed E-state index contributed by atoms with van der Waals surface area (Å²) in [5, 5.41) is 18.3. The van der Waals surface area contributed by atoms with Gasteiger partial charge in [0.05, 0.1) is 19.8 Å². The van der Waals surface area contributed by atoms with E-state index in [1.54, 1.807) is 0 Å². The monoisotopic (exact) mass is 212 g/mol. The van der Waals surface area contributed by atoms with Crippen LogP contribution in [0, 0.1) is 5.41 Å². The third kappa shape index (κ3) is 4.76. The van der Waals surface area contributed by atoms with Crippen LogP contribution in [-0.2, 0) is 4.74 Å². The molecule has 0 aliphatic heterocycles. The Hall–Kier alpha value is 0.0969. The first-order chi connectivity index (χ1) is 7.39. The molecule has 0 aromatic heterocycles. The van der Waals surface area contributed by atoms with Crippen molar-refractivity contribution in [1.29, 1.82) is 3.70 Å². The van der Waals surface area contributed by atoms with Crippen molar-refractivity contribution in [3.05, 3.63) is 0 Å². The van der Waals surface area contributed by atoms with Crippen LogP contribution in [-0.4, -0.2) is 50.4 Å². The van der Waals surface area contributed by atoms with Gasteiger partial charge in [-0.1, -0.05) is 13.0 Å². The van der Waals surface area contributed by atoms with Crippen LogP contribution in [0.25, 0.3) is 0 Å². The summed E-state index contributed by atoms with van der Waals surface area (Å²) in [6.45, 7) is 2.30. The van der Waals surface area contributed by atoms with Crippen molar-refractivity contribution in [2.75, 3.05) is 26.4 Å². The number of hydrogen-bond acceptors (Lipinski definition) is 3. The lowest BCUT2D eigenvalue weighted by Crippen LogP contribution is -2.34. The van der Waals surface area contributed by atoms with Crippen LogP contribution in [0.2, 0.25) is 6.04 Å². The number of aliphatic hydroxyl groups is 2. The first-order valence-electron chi connectivity index (χ1n) is 6.18. The fourth-order valence-corrected chi connectivity index (χ4v) is 1.07. The van der Waals surface area contributed by atoms with Crippen LogP contribution in [0.4, 0.5) is 0 Å². The zero-order valence-electron chi connectivity index (χ0n) is 11.3. The normalized spacial score (nSPS) is 16.4. The second-order valence-electron chi connectivity index (χ2n) is 3.33. The summed E-state index contributed by atoms with van der Waals surface area (Å²) < 4.78 is 26.7. The van der Waals surface area contributed by atoms with Gasteiger partial charge in [-0.3, -0.25) is 0 Å². The molecule has 0 spiro atoms. The third-order valence-electron chi connectivity index (χ3n) is 2.29. The Labute approximate surface area is 87.2 Å². The molecule has 0 rings (SSSR count). The van der Waals surface area contributed by atoms with Crippen molar-refractivity contribution < 1.29 is 14.9 Å². The molecule has 0 bridgehead atoms. The molecule has 2 N–H and O–H groups in total. The second-order valence-corrected chi connectivity index (χ2v) is 3.83. The number of aliphatic hydroxyl groups excluding tert-OH is 2. The Morgan fingerprint density at radius 2 is 2.15 bits per heavy atom. The maximum absolute atomic E-state index is 9.14. The van der Waals surface area contributed by atoms with Gasteiger partial charge in [0.1, 0.15) is 0 Å². The SMILES string of the molecule is [3H][Si]([3H])([3H])CCCOCC(CC)(CO)CO. The van der Waals surface area contributed by atoms with Gasteiger partial charge in [0.25, 0.3) is 0 Å². The summed E-state index contributed by atoms with van der Waals surface area (Å²) in [6.07, 6.45) is 1.16. The number of ether oxygens (including phenoxy) is 1. The molecule has 0 amide bonds. The fraction of sp³-hybridized carbons (Fsp3) is 1.00. The zero-order valence-corrected chi connectivity index (χ0v) is 9.25. The maximum Gasteiger partial charge on any atom is 0.0566 e. The molecule has 0 unspecified atom stereocenters. The van der Waals surface area contributed by atoms with E-state index in [1.165, 1.54) is 0 Å². The van der Waals surface area contributed by atoms with Crippen molar-refractivity contribution >= 4 is 10.0 Å². The molecule has 0 saturated carbocycles. The van der Waals surface area contributed by atoms with Crippen molar-refractivity contribution in [1.82, 2.24) is 0 Å².